The third-order valence-electron chi connectivity index (χ3n) is 3.17. The number of rotatable bonds is 3. The van der Waals surface area contributed by atoms with Crippen LogP contribution in [0.4, 0.5) is 0 Å². The van der Waals surface area contributed by atoms with E-state index in [1.165, 1.54) is 5.56 Å². The molecule has 0 N–H and O–H groups in total. The van der Waals surface area contributed by atoms with Crippen LogP contribution in [0, 0.1) is 6.92 Å². The molecule has 3 rings (SSSR count). The third kappa shape index (κ3) is 2.28. The van der Waals surface area contributed by atoms with E-state index in [0.29, 0.717) is 0 Å². The van der Waals surface area contributed by atoms with E-state index in [0.717, 1.165) is 22.7 Å². The van der Waals surface area contributed by atoms with Crippen molar-refractivity contribution in [2.24, 2.45) is 0 Å². The Hall–Kier alpha value is -2.62. The molecule has 3 aromatic rings. The van der Waals surface area contributed by atoms with Crippen LogP contribution in [0.3, 0.4) is 0 Å². The second-order valence-electron chi connectivity index (χ2n) is 4.58. The maximum atomic E-state index is 5.35. The molecule has 0 atom stereocenters. The van der Waals surface area contributed by atoms with E-state index >= 15 is 0 Å². The van der Waals surface area contributed by atoms with E-state index < -0.39 is 0 Å². The lowest BCUT2D eigenvalue weighted by atomic mass is 10.1. The fraction of sp³-hybridized carbons (Fsp3) is 0.125. The van der Waals surface area contributed by atoms with Gasteiger partial charge in [0, 0.05) is 5.56 Å². The molecule has 0 radical (unpaired) electrons. The van der Waals surface area contributed by atoms with Crippen LogP contribution in [0.25, 0.3) is 16.9 Å². The minimum absolute atomic E-state index is 0.794. The fourth-order valence-electron chi connectivity index (χ4n) is 2.07. The molecule has 2 aromatic carbocycles. The number of ether oxygens (including phenoxy) is 1. The van der Waals surface area contributed by atoms with Gasteiger partial charge >= 0.3 is 0 Å². The van der Waals surface area contributed by atoms with Crippen LogP contribution in [0.2, 0.25) is 0 Å². The minimum atomic E-state index is 0.794. The van der Waals surface area contributed by atoms with Gasteiger partial charge in [-0.25, -0.2) is 4.68 Å². The predicted molar refractivity (Wildman–Crippen MR) is 78.1 cm³/mol. The summed E-state index contributed by atoms with van der Waals surface area (Å²) in [5, 5.41) is 8.41. The highest BCUT2D eigenvalue weighted by atomic mass is 16.5. The maximum absolute atomic E-state index is 5.35. The molecule has 4 nitrogen and oxygen atoms in total. The van der Waals surface area contributed by atoms with Crippen LogP contribution in [0.15, 0.2) is 54.7 Å². The van der Waals surface area contributed by atoms with E-state index in [1.807, 2.05) is 42.6 Å². The number of aryl methyl sites for hydroxylation is 1. The summed E-state index contributed by atoms with van der Waals surface area (Å²) in [5.74, 6) is 0.795. The van der Waals surface area contributed by atoms with Gasteiger partial charge in [0.15, 0.2) is 0 Å². The molecule has 0 aliphatic heterocycles. The Morgan fingerprint density at radius 1 is 1.00 bits per heavy atom. The second kappa shape index (κ2) is 5.17. The topological polar surface area (TPSA) is 39.9 Å². The Bertz CT molecular complexity index is 717. The first-order valence-corrected chi connectivity index (χ1v) is 6.41. The Balaban J connectivity index is 2.00. The van der Waals surface area contributed by atoms with E-state index in [2.05, 4.69) is 29.4 Å². The molecule has 100 valence electrons. The van der Waals surface area contributed by atoms with E-state index in [4.69, 9.17) is 4.74 Å². The van der Waals surface area contributed by atoms with Crippen molar-refractivity contribution in [1.29, 1.82) is 0 Å². The van der Waals surface area contributed by atoms with E-state index in [-0.39, 0.29) is 0 Å². The molecular formula is C16H15N3O. The molecule has 0 fully saturated rings. The van der Waals surface area contributed by atoms with Gasteiger partial charge in [-0.15, -0.1) is 5.10 Å². The summed E-state index contributed by atoms with van der Waals surface area (Å²) < 4.78 is 7.12. The lowest BCUT2D eigenvalue weighted by Crippen LogP contribution is -1.94. The summed E-state index contributed by atoms with van der Waals surface area (Å²) in [6, 6.07) is 15.9. The molecule has 20 heavy (non-hydrogen) atoms. The van der Waals surface area contributed by atoms with Crippen LogP contribution in [-0.4, -0.2) is 22.1 Å². The highest BCUT2D eigenvalue weighted by Gasteiger charge is 2.09. The van der Waals surface area contributed by atoms with Gasteiger partial charge in [-0.05, 0) is 31.2 Å². The number of benzene rings is 2. The van der Waals surface area contributed by atoms with Crippen molar-refractivity contribution in [3.05, 3.63) is 60.3 Å². The zero-order valence-electron chi connectivity index (χ0n) is 11.4. The molecule has 1 aromatic heterocycles. The van der Waals surface area contributed by atoms with E-state index in [9.17, 15) is 0 Å². The lowest BCUT2D eigenvalue weighted by Gasteiger charge is -2.04. The number of nitrogens with zero attached hydrogens (tertiary/aromatic N) is 3. The SMILES string of the molecule is COc1ccccc1-c1cn(-c2ccc(C)cc2)nn1. The van der Waals surface area contributed by atoms with Gasteiger partial charge < -0.3 is 4.74 Å². The molecule has 0 spiro atoms. The van der Waals surface area contributed by atoms with Gasteiger partial charge in [-0.3, -0.25) is 0 Å². The van der Waals surface area contributed by atoms with Gasteiger partial charge in [-0.1, -0.05) is 35.0 Å². The molecule has 4 heteroatoms. The second-order valence-corrected chi connectivity index (χ2v) is 4.58. The summed E-state index contributed by atoms with van der Waals surface area (Å²) in [7, 11) is 1.66. The molecule has 0 saturated carbocycles. The van der Waals surface area contributed by atoms with Crippen LogP contribution >= 0.6 is 0 Å². The van der Waals surface area contributed by atoms with Crippen molar-refractivity contribution >= 4 is 0 Å². The first-order chi connectivity index (χ1) is 9.78. The molecule has 0 bridgehead atoms. The molecule has 0 amide bonds. The van der Waals surface area contributed by atoms with Crippen molar-refractivity contribution in [3.63, 3.8) is 0 Å². The first-order valence-electron chi connectivity index (χ1n) is 6.41. The summed E-state index contributed by atoms with van der Waals surface area (Å²) in [4.78, 5) is 0. The number of methoxy groups -OCH3 is 1. The zero-order valence-corrected chi connectivity index (χ0v) is 11.4. The number of para-hydroxylation sites is 1. The number of hydrogen-bond acceptors (Lipinski definition) is 3. The maximum Gasteiger partial charge on any atom is 0.128 e. The molecule has 0 saturated heterocycles. The normalized spacial score (nSPS) is 10.5. The highest BCUT2D eigenvalue weighted by Crippen LogP contribution is 2.27. The van der Waals surface area contributed by atoms with Crippen LogP contribution in [-0.2, 0) is 0 Å². The number of aromatic nitrogens is 3. The first kappa shape index (κ1) is 12.4. The minimum Gasteiger partial charge on any atom is -0.496 e. The Kier molecular flexibility index (Phi) is 3.21. The third-order valence-corrected chi connectivity index (χ3v) is 3.17. The molecule has 0 unspecified atom stereocenters. The quantitative estimate of drug-likeness (QED) is 0.729. The Morgan fingerprint density at radius 2 is 1.75 bits per heavy atom. The van der Waals surface area contributed by atoms with Gasteiger partial charge in [0.05, 0.1) is 19.0 Å². The predicted octanol–water partition coefficient (Wildman–Crippen LogP) is 3.25. The van der Waals surface area contributed by atoms with Crippen LogP contribution < -0.4 is 4.74 Å². The van der Waals surface area contributed by atoms with Crippen molar-refractivity contribution in [2.45, 2.75) is 6.92 Å². The van der Waals surface area contributed by atoms with Crippen molar-refractivity contribution < 1.29 is 4.74 Å². The highest BCUT2D eigenvalue weighted by molar-refractivity contribution is 5.66. The average Bonchev–Trinajstić information content (AvgIpc) is 2.97. The molecule has 0 aliphatic carbocycles. The number of hydrogen-bond donors (Lipinski definition) is 0. The van der Waals surface area contributed by atoms with Gasteiger partial charge in [0.2, 0.25) is 0 Å². The molecular weight excluding hydrogens is 250 g/mol. The summed E-state index contributed by atoms with van der Waals surface area (Å²) in [6.45, 7) is 2.06. The standard InChI is InChI=1S/C16H15N3O/c1-12-7-9-13(10-8-12)19-11-15(17-18-19)14-5-3-4-6-16(14)20-2/h3-11H,1-2H3. The monoisotopic (exact) mass is 265 g/mol. The fourth-order valence-corrected chi connectivity index (χ4v) is 2.07. The van der Waals surface area contributed by atoms with Crippen LogP contribution in [0.5, 0.6) is 5.75 Å². The van der Waals surface area contributed by atoms with Crippen LogP contribution in [0.1, 0.15) is 5.56 Å². The molecule has 0 aliphatic rings. The summed E-state index contributed by atoms with van der Waals surface area (Å²) in [6.07, 6.45) is 1.91. The zero-order chi connectivity index (χ0) is 13.9. The largest absolute Gasteiger partial charge is 0.496 e. The van der Waals surface area contributed by atoms with Crippen molar-refractivity contribution in [2.75, 3.05) is 7.11 Å². The van der Waals surface area contributed by atoms with Gasteiger partial charge in [0.1, 0.15) is 11.4 Å². The van der Waals surface area contributed by atoms with Crippen molar-refractivity contribution in [1.82, 2.24) is 15.0 Å². The lowest BCUT2D eigenvalue weighted by molar-refractivity contribution is 0.416. The smallest absolute Gasteiger partial charge is 0.128 e. The van der Waals surface area contributed by atoms with Gasteiger partial charge in [-0.2, -0.15) is 0 Å². The Labute approximate surface area is 117 Å². The van der Waals surface area contributed by atoms with Gasteiger partial charge in [0.25, 0.3) is 0 Å². The molecule has 1 heterocycles. The van der Waals surface area contributed by atoms with Crippen molar-refractivity contribution in [3.8, 4) is 22.7 Å². The summed E-state index contributed by atoms with van der Waals surface area (Å²) >= 11 is 0. The summed E-state index contributed by atoms with van der Waals surface area (Å²) in [5.41, 5.74) is 3.94. The van der Waals surface area contributed by atoms with E-state index in [1.54, 1.807) is 11.8 Å². The average molecular weight is 265 g/mol. The Morgan fingerprint density at radius 3 is 2.50 bits per heavy atom.